The van der Waals surface area contributed by atoms with Crippen molar-refractivity contribution >= 4 is 17.8 Å². The number of halogens is 1. The molecule has 1 rings (SSSR count). The molecule has 3 nitrogen and oxygen atoms in total. The zero-order chi connectivity index (χ0) is 13.2. The van der Waals surface area contributed by atoms with E-state index in [-0.39, 0.29) is 11.8 Å². The van der Waals surface area contributed by atoms with E-state index in [4.69, 9.17) is 0 Å². The van der Waals surface area contributed by atoms with E-state index in [1.165, 1.54) is 6.07 Å². The molecule has 0 saturated carbocycles. The molecule has 0 aliphatic rings. The van der Waals surface area contributed by atoms with Crippen molar-refractivity contribution in [2.45, 2.75) is 19.1 Å². The zero-order valence-corrected chi connectivity index (χ0v) is 11.4. The van der Waals surface area contributed by atoms with Gasteiger partial charge in [0.2, 0.25) is 0 Å². The third-order valence-electron chi connectivity index (χ3n) is 2.28. The third-order valence-corrected chi connectivity index (χ3v) is 3.29. The fraction of sp³-hybridized carbons (Fsp3) is 0.462. The number of thioether (sulfide) groups is 1. The van der Waals surface area contributed by atoms with E-state index < -0.39 is 0 Å². The number of benzene rings is 1. The Kier molecular flexibility index (Phi) is 7.25. The molecule has 0 heterocycles. The molecule has 2 N–H and O–H groups in total. The monoisotopic (exact) mass is 270 g/mol. The van der Waals surface area contributed by atoms with E-state index in [2.05, 4.69) is 10.6 Å². The largest absolute Gasteiger partial charge is 0.338 e. The fourth-order valence-electron chi connectivity index (χ4n) is 1.34. The van der Waals surface area contributed by atoms with Gasteiger partial charge in [-0.1, -0.05) is 25.1 Å². The van der Waals surface area contributed by atoms with E-state index in [0.29, 0.717) is 24.4 Å². The van der Waals surface area contributed by atoms with Crippen LogP contribution in [0.2, 0.25) is 0 Å². The quantitative estimate of drug-likeness (QED) is 0.748. The molecular formula is C13H19FN2OS. The molecule has 1 aromatic carbocycles. The maximum atomic E-state index is 13.3. The van der Waals surface area contributed by atoms with E-state index in [1.807, 2.05) is 13.0 Å². The molecule has 0 radical (unpaired) electrons. The van der Waals surface area contributed by atoms with Crippen molar-refractivity contribution in [2.24, 2.45) is 0 Å². The Labute approximate surface area is 112 Å². The van der Waals surface area contributed by atoms with Crippen LogP contribution in [0, 0.1) is 5.82 Å². The lowest BCUT2D eigenvalue weighted by Gasteiger charge is -2.06. The summed E-state index contributed by atoms with van der Waals surface area (Å²) in [4.78, 5) is 11.2. The lowest BCUT2D eigenvalue weighted by Crippen LogP contribution is -2.36. The van der Waals surface area contributed by atoms with Crippen LogP contribution in [0.15, 0.2) is 24.3 Å². The Bertz CT molecular complexity index is 374. The van der Waals surface area contributed by atoms with Gasteiger partial charge in [-0.05, 0) is 18.1 Å². The van der Waals surface area contributed by atoms with E-state index in [1.54, 1.807) is 23.9 Å². The number of carbonyl (C=O) groups is 1. The molecule has 5 heteroatoms. The van der Waals surface area contributed by atoms with Gasteiger partial charge in [0.25, 0.3) is 0 Å². The number of urea groups is 1. The van der Waals surface area contributed by atoms with Crippen LogP contribution in [0.5, 0.6) is 0 Å². The summed E-state index contributed by atoms with van der Waals surface area (Å²) >= 11 is 1.60. The van der Waals surface area contributed by atoms with Crippen molar-refractivity contribution in [1.82, 2.24) is 10.6 Å². The average Bonchev–Trinajstić information content (AvgIpc) is 2.38. The van der Waals surface area contributed by atoms with Crippen molar-refractivity contribution in [3.8, 4) is 0 Å². The number of nitrogens with one attached hydrogen (secondary N) is 2. The van der Waals surface area contributed by atoms with Crippen molar-refractivity contribution in [3.63, 3.8) is 0 Å². The van der Waals surface area contributed by atoms with E-state index in [0.717, 1.165) is 12.2 Å². The predicted octanol–water partition coefficient (Wildman–Crippen LogP) is 2.77. The average molecular weight is 270 g/mol. The van der Waals surface area contributed by atoms with Gasteiger partial charge in [0.05, 0.1) is 0 Å². The van der Waals surface area contributed by atoms with Crippen molar-refractivity contribution in [3.05, 3.63) is 35.6 Å². The molecule has 0 fully saturated rings. The first-order valence-corrected chi connectivity index (χ1v) is 7.22. The molecule has 0 atom stereocenters. The van der Waals surface area contributed by atoms with Crippen LogP contribution >= 0.6 is 11.8 Å². The first kappa shape index (κ1) is 14.8. The minimum Gasteiger partial charge on any atom is -0.338 e. The minimum atomic E-state index is -0.168. The highest BCUT2D eigenvalue weighted by Crippen LogP contribution is 2.14. The summed E-state index contributed by atoms with van der Waals surface area (Å²) < 4.78 is 13.3. The second-order valence-corrected chi connectivity index (χ2v) is 4.93. The summed E-state index contributed by atoms with van der Waals surface area (Å²) in [7, 11) is 0. The van der Waals surface area contributed by atoms with Gasteiger partial charge >= 0.3 is 6.03 Å². The standard InChI is InChI=1S/C13H19FN2OS/c1-2-7-15-13(17)16-8-9-18-10-11-5-3-4-6-12(11)14/h3-6H,2,7-10H2,1H3,(H2,15,16,17). The highest BCUT2D eigenvalue weighted by Gasteiger charge is 2.01. The number of carbonyl (C=O) groups excluding carboxylic acids is 1. The molecule has 100 valence electrons. The highest BCUT2D eigenvalue weighted by atomic mass is 32.2. The normalized spacial score (nSPS) is 10.1. The summed E-state index contributed by atoms with van der Waals surface area (Å²) in [6.45, 7) is 3.29. The molecule has 0 aliphatic heterocycles. The molecule has 0 aromatic heterocycles. The third kappa shape index (κ3) is 5.91. The van der Waals surface area contributed by atoms with Crippen LogP contribution in [-0.4, -0.2) is 24.9 Å². The van der Waals surface area contributed by atoms with Crippen LogP contribution < -0.4 is 10.6 Å². The number of amides is 2. The number of hydrogen-bond donors (Lipinski definition) is 2. The van der Waals surface area contributed by atoms with Crippen LogP contribution in [-0.2, 0) is 5.75 Å². The van der Waals surface area contributed by atoms with Gasteiger partial charge in [0, 0.05) is 24.6 Å². The molecule has 0 aliphatic carbocycles. The molecular weight excluding hydrogens is 251 g/mol. The predicted molar refractivity (Wildman–Crippen MR) is 74.3 cm³/mol. The van der Waals surface area contributed by atoms with Gasteiger partial charge in [-0.2, -0.15) is 11.8 Å². The Morgan fingerprint density at radius 3 is 2.72 bits per heavy atom. The van der Waals surface area contributed by atoms with Gasteiger partial charge in [-0.15, -0.1) is 0 Å². The number of hydrogen-bond acceptors (Lipinski definition) is 2. The number of rotatable bonds is 7. The van der Waals surface area contributed by atoms with Gasteiger partial charge in [0.1, 0.15) is 5.82 Å². The lowest BCUT2D eigenvalue weighted by atomic mass is 10.2. The molecule has 2 amide bonds. The summed E-state index contributed by atoms with van der Waals surface area (Å²) in [5, 5.41) is 5.48. The fourth-order valence-corrected chi connectivity index (χ4v) is 2.18. The Hall–Kier alpha value is -1.23. The summed E-state index contributed by atoms with van der Waals surface area (Å²) in [6, 6.07) is 6.62. The summed E-state index contributed by atoms with van der Waals surface area (Å²) in [5.74, 6) is 1.23. The van der Waals surface area contributed by atoms with Crippen molar-refractivity contribution in [2.75, 3.05) is 18.8 Å². The van der Waals surface area contributed by atoms with Gasteiger partial charge in [-0.3, -0.25) is 0 Å². The lowest BCUT2D eigenvalue weighted by molar-refractivity contribution is 0.241. The summed E-state index contributed by atoms with van der Waals surface area (Å²) in [5.41, 5.74) is 0.706. The van der Waals surface area contributed by atoms with E-state index >= 15 is 0 Å². The first-order valence-electron chi connectivity index (χ1n) is 6.07. The maximum absolute atomic E-state index is 13.3. The maximum Gasteiger partial charge on any atom is 0.314 e. The second-order valence-electron chi connectivity index (χ2n) is 3.83. The first-order chi connectivity index (χ1) is 8.74. The van der Waals surface area contributed by atoms with Crippen molar-refractivity contribution < 1.29 is 9.18 Å². The molecule has 1 aromatic rings. The minimum absolute atomic E-state index is 0.136. The molecule has 0 spiro atoms. The smallest absolute Gasteiger partial charge is 0.314 e. The van der Waals surface area contributed by atoms with Crippen LogP contribution in [0.1, 0.15) is 18.9 Å². The van der Waals surface area contributed by atoms with Crippen LogP contribution in [0.3, 0.4) is 0 Å². The van der Waals surface area contributed by atoms with Crippen LogP contribution in [0.4, 0.5) is 9.18 Å². The zero-order valence-electron chi connectivity index (χ0n) is 10.5. The van der Waals surface area contributed by atoms with E-state index in [9.17, 15) is 9.18 Å². The second kappa shape index (κ2) is 8.80. The Morgan fingerprint density at radius 1 is 1.28 bits per heavy atom. The molecule has 18 heavy (non-hydrogen) atoms. The summed E-state index contributed by atoms with van der Waals surface area (Å²) in [6.07, 6.45) is 0.926. The Balaban J connectivity index is 2.09. The molecule has 0 saturated heterocycles. The SMILES string of the molecule is CCCNC(=O)NCCSCc1ccccc1F. The Morgan fingerprint density at radius 2 is 2.00 bits per heavy atom. The molecule has 0 bridgehead atoms. The van der Waals surface area contributed by atoms with Crippen LogP contribution in [0.25, 0.3) is 0 Å². The molecule has 0 unspecified atom stereocenters. The highest BCUT2D eigenvalue weighted by molar-refractivity contribution is 7.98. The topological polar surface area (TPSA) is 41.1 Å². The van der Waals surface area contributed by atoms with Gasteiger partial charge in [0.15, 0.2) is 0 Å². The van der Waals surface area contributed by atoms with Gasteiger partial charge in [-0.25, -0.2) is 9.18 Å². The van der Waals surface area contributed by atoms with Crippen molar-refractivity contribution in [1.29, 1.82) is 0 Å². The van der Waals surface area contributed by atoms with Gasteiger partial charge < -0.3 is 10.6 Å².